The lowest BCUT2D eigenvalue weighted by Gasteiger charge is -2.25. The van der Waals surface area contributed by atoms with Crippen LogP contribution in [-0.2, 0) is 13.0 Å². The van der Waals surface area contributed by atoms with Gasteiger partial charge in [-0.25, -0.2) is 0 Å². The smallest absolute Gasteiger partial charge is 0.122 e. The molecule has 1 atom stereocenters. The third-order valence-electron chi connectivity index (χ3n) is 5.68. The van der Waals surface area contributed by atoms with Crippen LogP contribution in [-0.4, -0.2) is 43.9 Å². The van der Waals surface area contributed by atoms with E-state index in [0.29, 0.717) is 12.5 Å². The lowest BCUT2D eigenvalue weighted by Crippen LogP contribution is -2.29. The highest BCUT2D eigenvalue weighted by molar-refractivity contribution is 5.41. The van der Waals surface area contributed by atoms with Crippen molar-refractivity contribution >= 4 is 0 Å². The second kappa shape index (κ2) is 12.1. The molecule has 0 bridgehead atoms. The minimum absolute atomic E-state index is 0.159. The van der Waals surface area contributed by atoms with Gasteiger partial charge in [0.2, 0.25) is 0 Å². The Morgan fingerprint density at radius 2 is 1.55 bits per heavy atom. The molecule has 0 aliphatic carbocycles. The molecule has 0 spiro atoms. The van der Waals surface area contributed by atoms with Gasteiger partial charge < -0.3 is 14.6 Å². The van der Waals surface area contributed by atoms with Crippen LogP contribution in [0.4, 0.5) is 0 Å². The summed E-state index contributed by atoms with van der Waals surface area (Å²) in [6.45, 7) is 2.57. The van der Waals surface area contributed by atoms with E-state index < -0.39 is 0 Å². The lowest BCUT2D eigenvalue weighted by atomic mass is 9.88. The zero-order valence-corrected chi connectivity index (χ0v) is 18.5. The van der Waals surface area contributed by atoms with Crippen LogP contribution in [0.5, 0.6) is 11.5 Å². The number of methoxy groups -OCH3 is 2. The van der Waals surface area contributed by atoms with E-state index >= 15 is 0 Å². The number of hydrogen-bond donors (Lipinski definition) is 1. The van der Waals surface area contributed by atoms with Gasteiger partial charge in [-0.15, -0.1) is 0 Å². The molecule has 4 nitrogen and oxygen atoms in total. The van der Waals surface area contributed by atoms with Gasteiger partial charge in [0.15, 0.2) is 0 Å². The van der Waals surface area contributed by atoms with Crippen molar-refractivity contribution in [3.8, 4) is 11.5 Å². The molecule has 164 valence electrons. The van der Waals surface area contributed by atoms with E-state index in [-0.39, 0.29) is 6.61 Å². The predicted molar refractivity (Wildman–Crippen MR) is 126 cm³/mol. The fourth-order valence-electron chi connectivity index (χ4n) is 4.01. The summed E-state index contributed by atoms with van der Waals surface area (Å²) in [5.41, 5.74) is 3.73. The van der Waals surface area contributed by atoms with Crippen LogP contribution in [0, 0.1) is 0 Å². The minimum atomic E-state index is 0.159. The molecular formula is C27H33NO3. The van der Waals surface area contributed by atoms with Gasteiger partial charge in [-0.1, -0.05) is 60.7 Å². The van der Waals surface area contributed by atoms with E-state index in [1.165, 1.54) is 11.1 Å². The van der Waals surface area contributed by atoms with Crippen LogP contribution in [0.15, 0.2) is 78.9 Å². The summed E-state index contributed by atoms with van der Waals surface area (Å²) in [6, 6.07) is 27.1. The summed E-state index contributed by atoms with van der Waals surface area (Å²) in [7, 11) is 3.41. The topological polar surface area (TPSA) is 41.9 Å². The van der Waals surface area contributed by atoms with E-state index in [4.69, 9.17) is 9.47 Å². The van der Waals surface area contributed by atoms with E-state index in [0.717, 1.165) is 43.0 Å². The third-order valence-corrected chi connectivity index (χ3v) is 5.68. The Morgan fingerprint density at radius 3 is 2.19 bits per heavy atom. The van der Waals surface area contributed by atoms with Gasteiger partial charge in [0.25, 0.3) is 0 Å². The molecule has 0 aromatic heterocycles. The molecule has 31 heavy (non-hydrogen) atoms. The normalized spacial score (nSPS) is 12.0. The maximum absolute atomic E-state index is 9.59. The summed E-state index contributed by atoms with van der Waals surface area (Å²) < 4.78 is 11.1. The van der Waals surface area contributed by atoms with Crippen molar-refractivity contribution in [3.05, 3.63) is 95.6 Å². The van der Waals surface area contributed by atoms with Crippen LogP contribution in [0.2, 0.25) is 0 Å². The first-order chi connectivity index (χ1) is 15.2. The SMILES string of the molecule is COc1ccc(OC)c(C[C@H](CCN(CCO)Cc2ccccc2)c2ccccc2)c1. The third kappa shape index (κ3) is 6.84. The van der Waals surface area contributed by atoms with E-state index in [1.54, 1.807) is 14.2 Å². The molecule has 4 heteroatoms. The Balaban J connectivity index is 1.78. The number of nitrogens with zero attached hydrogens (tertiary/aromatic N) is 1. The molecule has 3 aromatic rings. The van der Waals surface area contributed by atoms with Gasteiger partial charge in [-0.3, -0.25) is 4.90 Å². The maximum Gasteiger partial charge on any atom is 0.122 e. The summed E-state index contributed by atoms with van der Waals surface area (Å²) in [5.74, 6) is 2.06. The van der Waals surface area contributed by atoms with Gasteiger partial charge in [0, 0.05) is 13.1 Å². The largest absolute Gasteiger partial charge is 0.497 e. The van der Waals surface area contributed by atoms with Crippen molar-refractivity contribution in [1.82, 2.24) is 4.90 Å². The molecule has 3 aromatic carbocycles. The monoisotopic (exact) mass is 419 g/mol. The Labute approximate surface area is 186 Å². The second-order valence-electron chi connectivity index (χ2n) is 7.76. The van der Waals surface area contributed by atoms with Gasteiger partial charge >= 0.3 is 0 Å². The highest BCUT2D eigenvalue weighted by Gasteiger charge is 2.17. The van der Waals surface area contributed by atoms with Crippen molar-refractivity contribution < 1.29 is 14.6 Å². The van der Waals surface area contributed by atoms with E-state index in [2.05, 4.69) is 65.6 Å². The first-order valence-electron chi connectivity index (χ1n) is 10.9. The van der Waals surface area contributed by atoms with Crippen molar-refractivity contribution in [2.24, 2.45) is 0 Å². The molecule has 0 amide bonds. The van der Waals surface area contributed by atoms with Gasteiger partial charge in [-0.05, 0) is 60.2 Å². The fraction of sp³-hybridized carbons (Fsp3) is 0.333. The molecule has 0 saturated carbocycles. The van der Waals surface area contributed by atoms with Gasteiger partial charge in [-0.2, -0.15) is 0 Å². The van der Waals surface area contributed by atoms with Crippen LogP contribution < -0.4 is 9.47 Å². The zero-order valence-electron chi connectivity index (χ0n) is 18.5. The quantitative estimate of drug-likeness (QED) is 0.453. The van der Waals surface area contributed by atoms with Crippen molar-refractivity contribution in [2.75, 3.05) is 33.9 Å². The van der Waals surface area contributed by atoms with E-state index in [1.807, 2.05) is 18.2 Å². The number of ether oxygens (including phenoxy) is 2. The predicted octanol–water partition coefficient (Wildman–Crippen LogP) is 4.91. The van der Waals surface area contributed by atoms with Crippen molar-refractivity contribution in [2.45, 2.75) is 25.3 Å². The molecule has 1 N–H and O–H groups in total. The average molecular weight is 420 g/mol. The number of rotatable bonds is 12. The van der Waals surface area contributed by atoms with Crippen LogP contribution in [0.1, 0.15) is 29.0 Å². The fourth-order valence-corrected chi connectivity index (χ4v) is 4.01. The molecule has 0 unspecified atom stereocenters. The summed E-state index contributed by atoms with van der Waals surface area (Å²) >= 11 is 0. The zero-order chi connectivity index (χ0) is 21.9. The molecule has 0 aliphatic rings. The van der Waals surface area contributed by atoms with Crippen molar-refractivity contribution in [3.63, 3.8) is 0 Å². The number of aliphatic hydroxyl groups excluding tert-OH is 1. The van der Waals surface area contributed by atoms with Gasteiger partial charge in [0.1, 0.15) is 11.5 Å². The molecule has 0 radical (unpaired) electrons. The Hall–Kier alpha value is -2.82. The Kier molecular flexibility index (Phi) is 8.95. The Morgan fingerprint density at radius 1 is 0.839 bits per heavy atom. The molecule has 0 heterocycles. The van der Waals surface area contributed by atoms with Crippen LogP contribution >= 0.6 is 0 Å². The molecular weight excluding hydrogens is 386 g/mol. The maximum atomic E-state index is 9.59. The van der Waals surface area contributed by atoms with Gasteiger partial charge in [0.05, 0.1) is 20.8 Å². The summed E-state index contributed by atoms with van der Waals surface area (Å²) in [5, 5.41) is 9.59. The first-order valence-corrected chi connectivity index (χ1v) is 10.9. The highest BCUT2D eigenvalue weighted by Crippen LogP contribution is 2.31. The Bertz CT molecular complexity index is 899. The average Bonchev–Trinajstić information content (AvgIpc) is 2.82. The lowest BCUT2D eigenvalue weighted by molar-refractivity contribution is 0.185. The van der Waals surface area contributed by atoms with E-state index in [9.17, 15) is 5.11 Å². The summed E-state index contributed by atoms with van der Waals surface area (Å²) in [6.07, 6.45) is 1.85. The minimum Gasteiger partial charge on any atom is -0.497 e. The first kappa shape index (κ1) is 22.9. The highest BCUT2D eigenvalue weighted by atomic mass is 16.5. The molecule has 0 saturated heterocycles. The summed E-state index contributed by atoms with van der Waals surface area (Å²) in [4.78, 5) is 2.33. The van der Waals surface area contributed by atoms with Crippen LogP contribution in [0.3, 0.4) is 0 Å². The second-order valence-corrected chi connectivity index (χ2v) is 7.76. The molecule has 3 rings (SSSR count). The molecule has 0 aliphatic heterocycles. The molecule has 0 fully saturated rings. The number of aliphatic hydroxyl groups is 1. The number of benzene rings is 3. The van der Waals surface area contributed by atoms with Crippen molar-refractivity contribution in [1.29, 1.82) is 0 Å². The standard InChI is InChI=1S/C27H33NO3/c1-30-26-13-14-27(31-2)25(20-26)19-24(23-11-7-4-8-12-23)15-16-28(17-18-29)21-22-9-5-3-6-10-22/h3-14,20,24,29H,15-19,21H2,1-2H3/t24-/m0/s1. The van der Waals surface area contributed by atoms with Crippen LogP contribution in [0.25, 0.3) is 0 Å². The number of hydrogen-bond acceptors (Lipinski definition) is 4.